The summed E-state index contributed by atoms with van der Waals surface area (Å²) < 4.78 is 26.7. The quantitative estimate of drug-likeness (QED) is 0.678. The molecule has 0 aliphatic carbocycles. The van der Waals surface area contributed by atoms with E-state index in [0.29, 0.717) is 23.4 Å². The number of aromatic nitrogens is 2. The fraction of sp³-hybridized carbons (Fsp3) is 0.0588. The number of benzene rings is 1. The molecule has 0 amide bonds. The smallest absolute Gasteiger partial charge is 0.266 e. The van der Waals surface area contributed by atoms with Crippen LogP contribution < -0.4 is 0 Å². The Bertz CT molecular complexity index is 850. The minimum absolute atomic E-state index is 0.0400. The molecule has 0 saturated carbocycles. The zero-order chi connectivity index (χ0) is 15.5. The molecule has 22 heavy (non-hydrogen) atoms. The molecule has 5 heteroatoms. The molecule has 0 spiro atoms. The molecule has 0 aliphatic rings. The van der Waals surface area contributed by atoms with Crippen molar-refractivity contribution in [2.75, 3.05) is 0 Å². The van der Waals surface area contributed by atoms with Crippen LogP contribution in [0.3, 0.4) is 0 Å². The van der Waals surface area contributed by atoms with E-state index in [1.54, 1.807) is 29.0 Å². The van der Waals surface area contributed by atoms with Gasteiger partial charge in [0.15, 0.2) is 6.29 Å². The van der Waals surface area contributed by atoms with Gasteiger partial charge in [-0.25, -0.2) is 4.98 Å². The molecule has 0 saturated heterocycles. The van der Waals surface area contributed by atoms with Crippen LogP contribution in [0.5, 0.6) is 0 Å². The Hall–Kier alpha value is -2.82. The maximum atomic E-state index is 12.5. The third-order valence-electron chi connectivity index (χ3n) is 3.46. The first-order chi connectivity index (χ1) is 10.7. The van der Waals surface area contributed by atoms with Crippen LogP contribution in [0.15, 0.2) is 60.8 Å². The number of rotatable bonds is 4. The summed E-state index contributed by atoms with van der Waals surface area (Å²) in [5.74, 6) is 0.592. The Morgan fingerprint density at radius 1 is 1.14 bits per heavy atom. The number of fused-ring (bicyclic) bond motifs is 1. The summed E-state index contributed by atoms with van der Waals surface area (Å²) in [7, 11) is 0. The lowest BCUT2D eigenvalue weighted by atomic mass is 10.1. The second-order valence-corrected chi connectivity index (χ2v) is 4.72. The lowest BCUT2D eigenvalue weighted by Gasteiger charge is -2.08. The van der Waals surface area contributed by atoms with Crippen LogP contribution in [0.2, 0.25) is 0 Å². The number of carbonyl (C=O) groups is 1. The SMILES string of the molecule is O=Cc1c(CC=C(F)F)n(-c2ccccn2)c2ccccc12. The highest BCUT2D eigenvalue weighted by Gasteiger charge is 2.17. The van der Waals surface area contributed by atoms with Crippen LogP contribution in [0, 0.1) is 0 Å². The van der Waals surface area contributed by atoms with Crippen LogP contribution in [0.1, 0.15) is 16.1 Å². The third kappa shape index (κ3) is 2.41. The van der Waals surface area contributed by atoms with Gasteiger partial charge in [0.2, 0.25) is 0 Å². The Labute approximate surface area is 125 Å². The maximum Gasteiger partial charge on any atom is 0.266 e. The molecule has 3 rings (SSSR count). The van der Waals surface area contributed by atoms with Gasteiger partial charge in [0.1, 0.15) is 5.82 Å². The highest BCUT2D eigenvalue weighted by Crippen LogP contribution is 2.28. The number of nitrogens with zero attached hydrogens (tertiary/aromatic N) is 2. The van der Waals surface area contributed by atoms with E-state index in [0.717, 1.165) is 17.0 Å². The van der Waals surface area contributed by atoms with Crippen LogP contribution >= 0.6 is 0 Å². The van der Waals surface area contributed by atoms with E-state index >= 15 is 0 Å². The van der Waals surface area contributed by atoms with Crippen molar-refractivity contribution in [1.82, 2.24) is 9.55 Å². The Kier molecular flexibility index (Phi) is 3.78. The van der Waals surface area contributed by atoms with Gasteiger partial charge >= 0.3 is 0 Å². The number of allylic oxidation sites excluding steroid dienone is 1. The van der Waals surface area contributed by atoms with Crippen LogP contribution in [-0.4, -0.2) is 15.8 Å². The monoisotopic (exact) mass is 298 g/mol. The van der Waals surface area contributed by atoms with Crippen molar-refractivity contribution in [2.24, 2.45) is 0 Å². The number of hydrogen-bond acceptors (Lipinski definition) is 2. The van der Waals surface area contributed by atoms with Gasteiger partial charge in [-0.15, -0.1) is 0 Å². The van der Waals surface area contributed by atoms with Crippen molar-refractivity contribution < 1.29 is 13.6 Å². The molecule has 0 atom stereocenters. The van der Waals surface area contributed by atoms with E-state index in [2.05, 4.69) is 4.98 Å². The van der Waals surface area contributed by atoms with Crippen molar-refractivity contribution in [3.05, 3.63) is 72.1 Å². The molecule has 2 aromatic heterocycles. The second kappa shape index (κ2) is 5.89. The molecular weight excluding hydrogens is 286 g/mol. The summed E-state index contributed by atoms with van der Waals surface area (Å²) >= 11 is 0. The summed E-state index contributed by atoms with van der Waals surface area (Å²) in [6, 6.07) is 12.7. The molecule has 110 valence electrons. The van der Waals surface area contributed by atoms with Gasteiger partial charge in [0, 0.05) is 29.3 Å². The van der Waals surface area contributed by atoms with Gasteiger partial charge in [-0.05, 0) is 24.3 Å². The summed E-state index contributed by atoms with van der Waals surface area (Å²) in [5.41, 5.74) is 1.69. The lowest BCUT2D eigenvalue weighted by molar-refractivity contribution is 0.112. The summed E-state index contributed by atoms with van der Waals surface area (Å²) in [5, 5.41) is 0.728. The van der Waals surface area contributed by atoms with E-state index < -0.39 is 6.08 Å². The lowest BCUT2D eigenvalue weighted by Crippen LogP contribution is -2.03. The van der Waals surface area contributed by atoms with Crippen molar-refractivity contribution in [2.45, 2.75) is 6.42 Å². The van der Waals surface area contributed by atoms with E-state index in [1.165, 1.54) is 0 Å². The topological polar surface area (TPSA) is 34.9 Å². The largest absolute Gasteiger partial charge is 0.298 e. The van der Waals surface area contributed by atoms with Crippen molar-refractivity contribution in [1.29, 1.82) is 0 Å². The summed E-state index contributed by atoms with van der Waals surface area (Å²) in [6.45, 7) is 0. The second-order valence-electron chi connectivity index (χ2n) is 4.72. The van der Waals surface area contributed by atoms with Crippen LogP contribution in [-0.2, 0) is 6.42 Å². The number of carbonyl (C=O) groups excluding carboxylic acids is 1. The van der Waals surface area contributed by atoms with Gasteiger partial charge < -0.3 is 0 Å². The van der Waals surface area contributed by atoms with E-state index in [4.69, 9.17) is 0 Å². The molecule has 3 nitrogen and oxygen atoms in total. The maximum absolute atomic E-state index is 12.5. The molecule has 0 radical (unpaired) electrons. The molecule has 2 heterocycles. The van der Waals surface area contributed by atoms with Crippen molar-refractivity contribution in [3.8, 4) is 5.82 Å². The van der Waals surface area contributed by atoms with E-state index in [-0.39, 0.29) is 6.42 Å². The zero-order valence-electron chi connectivity index (χ0n) is 11.5. The molecule has 3 aromatic rings. The predicted molar refractivity (Wildman–Crippen MR) is 80.5 cm³/mol. The molecule has 0 aliphatic heterocycles. The van der Waals surface area contributed by atoms with Gasteiger partial charge in [-0.3, -0.25) is 9.36 Å². The Morgan fingerprint density at radius 2 is 1.91 bits per heavy atom. The van der Waals surface area contributed by atoms with E-state index in [1.807, 2.05) is 24.3 Å². The number of aldehydes is 1. The fourth-order valence-corrected chi connectivity index (χ4v) is 2.57. The fourth-order valence-electron chi connectivity index (χ4n) is 2.57. The molecule has 1 aromatic carbocycles. The average Bonchev–Trinajstić information content (AvgIpc) is 2.87. The summed E-state index contributed by atoms with van der Waals surface area (Å²) in [4.78, 5) is 15.8. The first-order valence-electron chi connectivity index (χ1n) is 6.72. The number of halogens is 2. The number of hydrogen-bond donors (Lipinski definition) is 0. The molecule has 0 bridgehead atoms. The third-order valence-corrected chi connectivity index (χ3v) is 3.46. The molecular formula is C17H12F2N2O. The van der Waals surface area contributed by atoms with Gasteiger partial charge in [-0.2, -0.15) is 8.78 Å². The normalized spacial score (nSPS) is 10.6. The molecule has 0 N–H and O–H groups in total. The first-order valence-corrected chi connectivity index (χ1v) is 6.72. The average molecular weight is 298 g/mol. The highest BCUT2D eigenvalue weighted by molar-refractivity contribution is 6.00. The molecule has 0 fully saturated rings. The minimum atomic E-state index is -1.77. The highest BCUT2D eigenvalue weighted by atomic mass is 19.3. The molecule has 0 unspecified atom stereocenters. The number of para-hydroxylation sites is 1. The zero-order valence-corrected chi connectivity index (χ0v) is 11.5. The van der Waals surface area contributed by atoms with E-state index in [9.17, 15) is 13.6 Å². The first kappa shape index (κ1) is 14.1. The van der Waals surface area contributed by atoms with Crippen LogP contribution in [0.4, 0.5) is 8.78 Å². The summed E-state index contributed by atoms with van der Waals surface area (Å²) in [6.07, 6.45) is 1.33. The van der Waals surface area contributed by atoms with Gasteiger partial charge in [0.05, 0.1) is 5.52 Å². The number of pyridine rings is 1. The Balaban J connectivity index is 2.34. The van der Waals surface area contributed by atoms with Crippen LogP contribution in [0.25, 0.3) is 16.7 Å². The van der Waals surface area contributed by atoms with Gasteiger partial charge in [0.25, 0.3) is 6.08 Å². The van der Waals surface area contributed by atoms with Crippen molar-refractivity contribution >= 4 is 17.2 Å². The standard InChI is InChI=1S/C17H12F2N2O/c18-16(19)9-8-15-13(11-22)12-5-1-2-6-14(12)21(15)17-7-3-4-10-20-17/h1-7,9-11H,8H2. The van der Waals surface area contributed by atoms with Gasteiger partial charge in [-0.1, -0.05) is 24.3 Å². The Morgan fingerprint density at radius 3 is 2.59 bits per heavy atom. The van der Waals surface area contributed by atoms with Crippen molar-refractivity contribution in [3.63, 3.8) is 0 Å². The predicted octanol–water partition coefficient (Wildman–Crippen LogP) is 4.16. The minimum Gasteiger partial charge on any atom is -0.298 e.